The zero-order chi connectivity index (χ0) is 13.7. The summed E-state index contributed by atoms with van der Waals surface area (Å²) in [7, 11) is 1.40. The lowest BCUT2D eigenvalue weighted by molar-refractivity contribution is -0.143. The normalized spacial score (nSPS) is 20.2. The second-order valence-corrected chi connectivity index (χ2v) is 5.47. The van der Waals surface area contributed by atoms with Crippen molar-refractivity contribution in [3.05, 3.63) is 34.3 Å². The van der Waals surface area contributed by atoms with Crippen molar-refractivity contribution >= 4 is 21.9 Å². The van der Waals surface area contributed by atoms with Gasteiger partial charge in [-0.3, -0.25) is 5.32 Å². The molecule has 1 fully saturated rings. The minimum atomic E-state index is -0.442. The Kier molecular flexibility index (Phi) is 5.36. The Morgan fingerprint density at radius 1 is 1.53 bits per heavy atom. The molecular weight excluding hydrogens is 310 g/mol. The average Bonchev–Trinajstić information content (AvgIpc) is 2.93. The van der Waals surface area contributed by atoms with Gasteiger partial charge in [0.05, 0.1) is 13.2 Å². The first-order chi connectivity index (χ1) is 9.20. The van der Waals surface area contributed by atoms with Gasteiger partial charge in [-0.25, -0.2) is 4.79 Å². The molecule has 1 aliphatic heterocycles. The molecular formula is C14H18BrNO3. The fourth-order valence-electron chi connectivity index (χ4n) is 2.16. The lowest BCUT2D eigenvalue weighted by Gasteiger charge is -2.19. The second-order valence-electron chi connectivity index (χ2n) is 4.55. The van der Waals surface area contributed by atoms with E-state index in [1.54, 1.807) is 0 Å². The van der Waals surface area contributed by atoms with Gasteiger partial charge in [-0.15, -0.1) is 0 Å². The summed E-state index contributed by atoms with van der Waals surface area (Å²) in [5.41, 5.74) is 0.896. The lowest BCUT2D eigenvalue weighted by Crippen LogP contribution is -2.35. The van der Waals surface area contributed by atoms with Crippen molar-refractivity contribution in [2.24, 2.45) is 0 Å². The largest absolute Gasteiger partial charge is 0.468 e. The van der Waals surface area contributed by atoms with E-state index < -0.39 is 6.04 Å². The summed E-state index contributed by atoms with van der Waals surface area (Å²) in [6.07, 6.45) is 2.33. The highest BCUT2D eigenvalue weighted by atomic mass is 79.9. The lowest BCUT2D eigenvalue weighted by atomic mass is 10.1. The maximum atomic E-state index is 11.9. The number of carbonyl (C=O) groups is 1. The number of hydrogen-bond donors (Lipinski definition) is 1. The highest BCUT2D eigenvalue weighted by molar-refractivity contribution is 9.10. The van der Waals surface area contributed by atoms with E-state index in [-0.39, 0.29) is 12.1 Å². The van der Waals surface area contributed by atoms with Gasteiger partial charge in [0.2, 0.25) is 0 Å². The molecule has 104 valence electrons. The van der Waals surface area contributed by atoms with Gasteiger partial charge in [-0.05, 0) is 30.5 Å². The van der Waals surface area contributed by atoms with Crippen molar-refractivity contribution in [2.45, 2.75) is 25.0 Å². The molecule has 2 rings (SSSR count). The molecule has 1 saturated heterocycles. The third-order valence-electron chi connectivity index (χ3n) is 3.21. The summed E-state index contributed by atoms with van der Waals surface area (Å²) in [5.74, 6) is -0.277. The Bertz CT molecular complexity index is 415. The summed E-state index contributed by atoms with van der Waals surface area (Å²) in [6, 6.07) is 7.21. The molecule has 2 unspecified atom stereocenters. The number of esters is 1. The molecule has 0 bridgehead atoms. The van der Waals surface area contributed by atoms with Crippen LogP contribution in [0.1, 0.15) is 24.4 Å². The monoisotopic (exact) mass is 327 g/mol. The predicted molar refractivity (Wildman–Crippen MR) is 75.9 cm³/mol. The molecule has 0 radical (unpaired) electrons. The molecule has 0 spiro atoms. The zero-order valence-corrected chi connectivity index (χ0v) is 12.5. The summed E-state index contributed by atoms with van der Waals surface area (Å²) in [6.45, 7) is 1.48. The number of hydrogen-bond acceptors (Lipinski definition) is 4. The van der Waals surface area contributed by atoms with E-state index in [9.17, 15) is 4.79 Å². The summed E-state index contributed by atoms with van der Waals surface area (Å²) in [4.78, 5) is 11.9. The summed E-state index contributed by atoms with van der Waals surface area (Å²) < 4.78 is 11.4. The van der Waals surface area contributed by atoms with Crippen molar-refractivity contribution in [3.63, 3.8) is 0 Å². The SMILES string of the molecule is COC(=O)C(NCC1CCCO1)c1ccc(Br)cc1. The van der Waals surface area contributed by atoms with Crippen LogP contribution in [0, 0.1) is 0 Å². The van der Waals surface area contributed by atoms with Crippen LogP contribution in [0.25, 0.3) is 0 Å². The van der Waals surface area contributed by atoms with Crippen molar-refractivity contribution in [1.82, 2.24) is 5.32 Å². The van der Waals surface area contributed by atoms with E-state index in [1.807, 2.05) is 24.3 Å². The van der Waals surface area contributed by atoms with Crippen LogP contribution < -0.4 is 5.32 Å². The maximum absolute atomic E-state index is 11.9. The third-order valence-corrected chi connectivity index (χ3v) is 3.74. The molecule has 1 N–H and O–H groups in total. The van der Waals surface area contributed by atoms with Gasteiger partial charge in [0.1, 0.15) is 6.04 Å². The number of nitrogens with one attached hydrogen (secondary N) is 1. The van der Waals surface area contributed by atoms with Crippen LogP contribution in [0.4, 0.5) is 0 Å². The number of ether oxygens (including phenoxy) is 2. The van der Waals surface area contributed by atoms with Gasteiger partial charge in [0.15, 0.2) is 0 Å². The molecule has 4 nitrogen and oxygen atoms in total. The van der Waals surface area contributed by atoms with Gasteiger partial charge < -0.3 is 9.47 Å². The number of carbonyl (C=O) groups excluding carboxylic acids is 1. The second kappa shape index (κ2) is 7.03. The molecule has 1 aromatic carbocycles. The Balaban J connectivity index is 2.02. The van der Waals surface area contributed by atoms with Crippen LogP contribution in [0.15, 0.2) is 28.7 Å². The Hall–Kier alpha value is -0.910. The van der Waals surface area contributed by atoms with Crippen LogP contribution in [-0.2, 0) is 14.3 Å². The molecule has 0 amide bonds. The number of benzene rings is 1. The van der Waals surface area contributed by atoms with E-state index in [2.05, 4.69) is 21.2 Å². The van der Waals surface area contributed by atoms with E-state index in [0.717, 1.165) is 29.5 Å². The van der Waals surface area contributed by atoms with Gasteiger partial charge in [-0.2, -0.15) is 0 Å². The van der Waals surface area contributed by atoms with Crippen LogP contribution in [0.3, 0.4) is 0 Å². The summed E-state index contributed by atoms with van der Waals surface area (Å²) in [5, 5.41) is 3.23. The molecule has 0 aliphatic carbocycles. The molecule has 0 aromatic heterocycles. The molecule has 1 aromatic rings. The van der Waals surface area contributed by atoms with Crippen LogP contribution >= 0.6 is 15.9 Å². The maximum Gasteiger partial charge on any atom is 0.327 e. The average molecular weight is 328 g/mol. The molecule has 1 aliphatic rings. The number of methoxy groups -OCH3 is 1. The van der Waals surface area contributed by atoms with Gasteiger partial charge in [-0.1, -0.05) is 28.1 Å². The van der Waals surface area contributed by atoms with Gasteiger partial charge in [0, 0.05) is 17.6 Å². The quantitative estimate of drug-likeness (QED) is 0.844. The van der Waals surface area contributed by atoms with Crippen molar-refractivity contribution < 1.29 is 14.3 Å². The van der Waals surface area contributed by atoms with Gasteiger partial charge in [0.25, 0.3) is 0 Å². The van der Waals surface area contributed by atoms with E-state index >= 15 is 0 Å². The highest BCUT2D eigenvalue weighted by Gasteiger charge is 2.23. The van der Waals surface area contributed by atoms with Gasteiger partial charge >= 0.3 is 5.97 Å². The van der Waals surface area contributed by atoms with Crippen molar-refractivity contribution in [1.29, 1.82) is 0 Å². The van der Waals surface area contributed by atoms with Crippen LogP contribution in [0.5, 0.6) is 0 Å². The molecule has 0 saturated carbocycles. The standard InChI is InChI=1S/C14H18BrNO3/c1-18-14(17)13(10-4-6-11(15)7-5-10)16-9-12-3-2-8-19-12/h4-7,12-13,16H,2-3,8-9H2,1H3. The minimum absolute atomic E-state index is 0.197. The van der Waals surface area contributed by atoms with Crippen molar-refractivity contribution in [2.75, 3.05) is 20.3 Å². The topological polar surface area (TPSA) is 47.6 Å². The van der Waals surface area contributed by atoms with Crippen LogP contribution in [0.2, 0.25) is 0 Å². The fourth-order valence-corrected chi connectivity index (χ4v) is 2.43. The molecule has 1 heterocycles. The molecule has 19 heavy (non-hydrogen) atoms. The van der Waals surface area contributed by atoms with E-state index in [1.165, 1.54) is 7.11 Å². The Morgan fingerprint density at radius 2 is 2.26 bits per heavy atom. The number of rotatable bonds is 5. The Morgan fingerprint density at radius 3 is 2.84 bits per heavy atom. The zero-order valence-electron chi connectivity index (χ0n) is 10.9. The summed E-state index contributed by atoms with van der Waals surface area (Å²) >= 11 is 3.38. The Labute approximate surface area is 121 Å². The first-order valence-electron chi connectivity index (χ1n) is 6.39. The predicted octanol–water partition coefficient (Wildman–Crippen LogP) is 2.43. The molecule has 5 heteroatoms. The first-order valence-corrected chi connectivity index (χ1v) is 7.18. The highest BCUT2D eigenvalue weighted by Crippen LogP contribution is 2.19. The smallest absolute Gasteiger partial charge is 0.327 e. The van der Waals surface area contributed by atoms with Crippen molar-refractivity contribution in [3.8, 4) is 0 Å². The van der Waals surface area contributed by atoms with E-state index in [4.69, 9.17) is 9.47 Å². The van der Waals surface area contributed by atoms with Crippen LogP contribution in [-0.4, -0.2) is 32.3 Å². The first kappa shape index (κ1) is 14.5. The molecule has 2 atom stereocenters. The minimum Gasteiger partial charge on any atom is -0.468 e. The number of halogens is 1. The third kappa shape index (κ3) is 4.03. The fraction of sp³-hybridized carbons (Fsp3) is 0.500. The van der Waals surface area contributed by atoms with E-state index in [0.29, 0.717) is 6.54 Å².